The lowest BCUT2D eigenvalue weighted by molar-refractivity contribution is 0.660. The van der Waals surface area contributed by atoms with Crippen LogP contribution in [-0.4, -0.2) is 9.13 Å². The minimum absolute atomic E-state index is 0.110. The van der Waals surface area contributed by atoms with Crippen LogP contribution >= 0.6 is 0 Å². The number of aromatic nitrogens is 2. The highest BCUT2D eigenvalue weighted by molar-refractivity contribution is 6.12. The molecule has 0 spiro atoms. The number of anilines is 6. The minimum atomic E-state index is -0.601. The van der Waals surface area contributed by atoms with Crippen LogP contribution in [0.3, 0.4) is 0 Å². The zero-order valence-corrected chi connectivity index (χ0v) is 75.8. The molecular weight excluding hydrogens is 1620 g/mol. The van der Waals surface area contributed by atoms with E-state index in [0.717, 1.165) is 45.5 Å². The SMILES string of the molecule is CC1(C)c2ccccc2-c2ccc(N(c3ccc(-c4ccccc4)cc3)c3ccc4c(c3)C(C)(C)c3cc(-c5ccc6c(c5)c5ccccc5n6-c5ccc(-c6ccccc6)cc5)ccc3-4)cc21.CC1(C)c2ccccc2-c2ccc(N(c3ccccc3)c3ccc4c(c3)C(c3ccccc3)(c3ccccc3)c3cc(-c5ccc6c(c5)c5ccccc5n6-c5ccccc5)ccc3-4)cc21. The summed E-state index contributed by atoms with van der Waals surface area (Å²) in [6, 6.07) is 176. The van der Waals surface area contributed by atoms with E-state index in [1.54, 1.807) is 0 Å². The normalized spacial score (nSPS) is 13.8. The fourth-order valence-electron chi connectivity index (χ4n) is 23.3. The van der Waals surface area contributed by atoms with E-state index >= 15 is 0 Å². The molecule has 4 heteroatoms. The maximum Gasteiger partial charge on any atom is 0.0714 e. The predicted molar refractivity (Wildman–Crippen MR) is 563 cm³/mol. The van der Waals surface area contributed by atoms with Gasteiger partial charge < -0.3 is 18.9 Å². The molecule has 0 atom stereocenters. The monoisotopic (exact) mass is 1710 g/mol. The molecule has 20 aromatic carbocycles. The molecule has 0 amide bonds. The molecule has 0 aliphatic heterocycles. The number of benzene rings is 20. The fourth-order valence-corrected chi connectivity index (χ4v) is 23.3. The quantitative estimate of drug-likeness (QED) is 0.108. The third-order valence-electron chi connectivity index (χ3n) is 29.9. The molecule has 0 fully saturated rings. The molecule has 4 aliphatic rings. The number of rotatable bonds is 14. The largest absolute Gasteiger partial charge is 0.310 e. The van der Waals surface area contributed by atoms with Crippen molar-refractivity contribution in [3.8, 4) is 100 Å². The summed E-state index contributed by atoms with van der Waals surface area (Å²) in [5.41, 5.74) is 46.4. The van der Waals surface area contributed by atoms with Crippen LogP contribution in [0, 0.1) is 0 Å². The molecular formula is C130H96N4. The predicted octanol–water partition coefficient (Wildman–Crippen LogP) is 34.5. The number of hydrogen-bond acceptors (Lipinski definition) is 2. The summed E-state index contributed by atoms with van der Waals surface area (Å²) in [5.74, 6) is 0. The van der Waals surface area contributed by atoms with E-state index < -0.39 is 5.41 Å². The number of fused-ring (bicyclic) bond motifs is 18. The molecule has 0 bridgehead atoms. The van der Waals surface area contributed by atoms with Gasteiger partial charge in [0.25, 0.3) is 0 Å². The van der Waals surface area contributed by atoms with Gasteiger partial charge >= 0.3 is 0 Å². The lowest BCUT2D eigenvalue weighted by Crippen LogP contribution is -2.28. The second-order valence-corrected chi connectivity index (χ2v) is 38.2. The fraction of sp³-hybridized carbons (Fsp3) is 0.0769. The third kappa shape index (κ3) is 12.6. The molecule has 4 nitrogen and oxygen atoms in total. The van der Waals surface area contributed by atoms with Crippen molar-refractivity contribution < 1.29 is 0 Å². The van der Waals surface area contributed by atoms with Gasteiger partial charge in [0.15, 0.2) is 0 Å². The molecule has 0 N–H and O–H groups in total. The topological polar surface area (TPSA) is 16.3 Å². The third-order valence-corrected chi connectivity index (χ3v) is 29.9. The summed E-state index contributed by atoms with van der Waals surface area (Å²) < 4.78 is 4.80. The molecule has 4 aliphatic carbocycles. The second-order valence-electron chi connectivity index (χ2n) is 38.2. The molecule has 0 saturated heterocycles. The van der Waals surface area contributed by atoms with Gasteiger partial charge in [0, 0.05) is 83.3 Å². The van der Waals surface area contributed by atoms with Gasteiger partial charge in [0.1, 0.15) is 0 Å². The Kier molecular flexibility index (Phi) is 18.5. The number of hydrogen-bond donors (Lipinski definition) is 0. The Morgan fingerprint density at radius 3 is 0.866 bits per heavy atom. The average Bonchev–Trinajstić information content (AvgIpc) is 1.52. The zero-order valence-electron chi connectivity index (χ0n) is 75.8. The summed E-state index contributed by atoms with van der Waals surface area (Å²) >= 11 is 0. The van der Waals surface area contributed by atoms with Crippen molar-refractivity contribution in [2.75, 3.05) is 9.80 Å². The molecule has 636 valence electrons. The van der Waals surface area contributed by atoms with E-state index in [4.69, 9.17) is 0 Å². The molecule has 0 unspecified atom stereocenters. The van der Waals surface area contributed by atoms with E-state index in [1.807, 2.05) is 0 Å². The highest BCUT2D eigenvalue weighted by Crippen LogP contribution is 2.61. The van der Waals surface area contributed by atoms with E-state index in [1.165, 1.54) is 188 Å². The summed E-state index contributed by atoms with van der Waals surface area (Å²) in [6.45, 7) is 14.3. The lowest BCUT2D eigenvalue weighted by Gasteiger charge is -2.35. The van der Waals surface area contributed by atoms with Gasteiger partial charge in [-0.05, 0) is 290 Å². The van der Waals surface area contributed by atoms with Gasteiger partial charge in [-0.25, -0.2) is 0 Å². The Labute approximate surface area is 783 Å². The molecule has 2 heterocycles. The van der Waals surface area contributed by atoms with Crippen molar-refractivity contribution in [2.45, 2.75) is 63.2 Å². The van der Waals surface area contributed by atoms with Gasteiger partial charge in [-0.3, -0.25) is 0 Å². The van der Waals surface area contributed by atoms with Crippen LogP contribution in [0.4, 0.5) is 34.1 Å². The van der Waals surface area contributed by atoms with Crippen molar-refractivity contribution in [2.24, 2.45) is 0 Å². The second kappa shape index (κ2) is 31.2. The molecule has 0 radical (unpaired) electrons. The lowest BCUT2D eigenvalue weighted by atomic mass is 9.67. The summed E-state index contributed by atoms with van der Waals surface area (Å²) in [4.78, 5) is 4.91. The van der Waals surface area contributed by atoms with Crippen LogP contribution in [0.5, 0.6) is 0 Å². The van der Waals surface area contributed by atoms with Crippen molar-refractivity contribution in [1.29, 1.82) is 0 Å². The maximum absolute atomic E-state index is 2.49. The Balaban J connectivity index is 0.000000143. The van der Waals surface area contributed by atoms with E-state index in [0.29, 0.717) is 0 Å². The number of para-hydroxylation sites is 4. The molecule has 0 saturated carbocycles. The van der Waals surface area contributed by atoms with Gasteiger partial charge in [0.2, 0.25) is 0 Å². The summed E-state index contributed by atoms with van der Waals surface area (Å²) in [5, 5.41) is 5.02. The van der Waals surface area contributed by atoms with E-state index in [-0.39, 0.29) is 16.2 Å². The van der Waals surface area contributed by atoms with Crippen molar-refractivity contribution >= 4 is 77.7 Å². The highest BCUT2D eigenvalue weighted by Gasteiger charge is 2.48. The Morgan fingerprint density at radius 1 is 0.164 bits per heavy atom. The first kappa shape index (κ1) is 79.7. The van der Waals surface area contributed by atoms with Crippen LogP contribution in [0.2, 0.25) is 0 Å². The first-order valence-corrected chi connectivity index (χ1v) is 47.0. The standard InChI is InChI=1S/C66H50N2.C64H46N2/c1-65(2)59-21-13-11-19-53(59)55-36-33-51(41-61(55)65)67(49-29-23-45(24-30-49)43-15-7-5-8-16-43)52-34-37-56-54-35-27-48(40-60(54)66(3,4)62(56)42-52)47-28-38-64-58(39-47)57-20-12-14-22-63(57)68(64)50-31-25-46(26-32-50)44-17-9-6-10-18-44;1-63(2)57-29-17-15-27-51(57)52-36-33-49(41-58(52)63)65(47-23-11-5-12-24-47)50-34-37-54-53-35-31-44(40-59(53)64(60(54)42-50,45-19-7-3-8-20-45)46-21-9-4-10-22-46)43-32-38-62-56(39-43)55-28-16-18-30-61(55)66(62)48-25-13-6-14-26-48/h5-42H,1-4H3;3-42H,1-2H3. The molecule has 26 rings (SSSR count). The Morgan fingerprint density at radius 2 is 0.425 bits per heavy atom. The first-order chi connectivity index (χ1) is 65.7. The van der Waals surface area contributed by atoms with Gasteiger partial charge in [-0.1, -0.05) is 369 Å². The van der Waals surface area contributed by atoms with Crippen LogP contribution in [0.25, 0.3) is 144 Å². The highest BCUT2D eigenvalue weighted by atomic mass is 15.1. The average molecular weight is 1710 g/mol. The first-order valence-electron chi connectivity index (χ1n) is 47.0. The van der Waals surface area contributed by atoms with Crippen LogP contribution in [-0.2, 0) is 21.7 Å². The smallest absolute Gasteiger partial charge is 0.0714 e. The Hall–Kier alpha value is -16.4. The van der Waals surface area contributed by atoms with Gasteiger partial charge in [-0.15, -0.1) is 0 Å². The maximum atomic E-state index is 2.49. The zero-order chi connectivity index (χ0) is 89.7. The van der Waals surface area contributed by atoms with E-state index in [9.17, 15) is 0 Å². The van der Waals surface area contributed by atoms with Crippen LogP contribution in [0.15, 0.2) is 473 Å². The van der Waals surface area contributed by atoms with Crippen molar-refractivity contribution in [3.63, 3.8) is 0 Å². The minimum Gasteiger partial charge on any atom is -0.310 e. The van der Waals surface area contributed by atoms with Crippen LogP contribution in [0.1, 0.15) is 97.2 Å². The van der Waals surface area contributed by atoms with Crippen LogP contribution < -0.4 is 9.80 Å². The molecule has 134 heavy (non-hydrogen) atoms. The van der Waals surface area contributed by atoms with Crippen molar-refractivity contribution in [3.05, 3.63) is 529 Å². The summed E-state index contributed by atoms with van der Waals surface area (Å²) in [6.07, 6.45) is 0. The van der Waals surface area contributed by atoms with Gasteiger partial charge in [-0.2, -0.15) is 0 Å². The van der Waals surface area contributed by atoms with E-state index in [2.05, 4.69) is 534 Å². The molecule has 22 aromatic rings. The Bertz CT molecular complexity index is 8370. The van der Waals surface area contributed by atoms with Gasteiger partial charge in [0.05, 0.1) is 27.5 Å². The number of nitrogens with zero attached hydrogens (tertiary/aromatic N) is 4. The van der Waals surface area contributed by atoms with Crippen molar-refractivity contribution in [1.82, 2.24) is 9.13 Å². The summed E-state index contributed by atoms with van der Waals surface area (Å²) in [7, 11) is 0. The molecule has 2 aromatic heterocycles.